The molecule has 2 saturated heterocycles. The fourth-order valence-corrected chi connectivity index (χ4v) is 4.97. The molecule has 4 aromatic rings. The lowest BCUT2D eigenvalue weighted by Crippen LogP contribution is -2.49. The average molecular weight is 487 g/mol. The summed E-state index contributed by atoms with van der Waals surface area (Å²) in [5.41, 5.74) is 2.10. The van der Waals surface area contributed by atoms with Crippen molar-refractivity contribution in [2.45, 2.75) is 18.8 Å². The number of rotatable bonds is 4. The van der Waals surface area contributed by atoms with Crippen LogP contribution in [-0.4, -0.2) is 69.9 Å². The third kappa shape index (κ3) is 4.30. The van der Waals surface area contributed by atoms with Crippen LogP contribution in [0.25, 0.3) is 16.7 Å². The molecule has 6 rings (SSSR count). The highest BCUT2D eigenvalue weighted by atomic mass is 19.1. The quantitative estimate of drug-likeness (QED) is 0.437. The van der Waals surface area contributed by atoms with Crippen LogP contribution in [0.5, 0.6) is 0 Å². The molecule has 184 valence electrons. The van der Waals surface area contributed by atoms with Crippen LogP contribution in [0.15, 0.2) is 60.8 Å². The van der Waals surface area contributed by atoms with E-state index in [0.29, 0.717) is 45.0 Å². The van der Waals surface area contributed by atoms with Gasteiger partial charge in [-0.1, -0.05) is 24.3 Å². The second kappa shape index (κ2) is 9.66. The lowest BCUT2D eigenvalue weighted by molar-refractivity contribution is 0.0746. The van der Waals surface area contributed by atoms with E-state index in [9.17, 15) is 9.18 Å². The highest BCUT2D eigenvalue weighted by Crippen LogP contribution is 2.31. The summed E-state index contributed by atoms with van der Waals surface area (Å²) in [6.45, 7) is 3.72. The number of anilines is 1. The third-order valence-corrected chi connectivity index (χ3v) is 6.95. The molecule has 0 saturated carbocycles. The Labute approximate surface area is 208 Å². The van der Waals surface area contributed by atoms with Gasteiger partial charge in [-0.15, -0.1) is 0 Å². The molecule has 1 amide bonds. The SMILES string of the molecule is O=C(c1cccc(F)c1)N1CCN(c2nc(C3CCOCC3)nc3c2cnn3-c2ccccc2)CC1. The summed E-state index contributed by atoms with van der Waals surface area (Å²) in [7, 11) is 0. The monoisotopic (exact) mass is 486 g/mol. The molecule has 0 spiro atoms. The first-order valence-electron chi connectivity index (χ1n) is 12.4. The van der Waals surface area contributed by atoms with Crippen molar-refractivity contribution in [1.82, 2.24) is 24.6 Å². The highest BCUT2D eigenvalue weighted by molar-refractivity contribution is 5.94. The molecule has 36 heavy (non-hydrogen) atoms. The minimum Gasteiger partial charge on any atom is -0.381 e. The van der Waals surface area contributed by atoms with Gasteiger partial charge in [-0.3, -0.25) is 4.79 Å². The molecule has 0 bridgehead atoms. The predicted molar refractivity (Wildman–Crippen MR) is 134 cm³/mol. The van der Waals surface area contributed by atoms with Crippen LogP contribution >= 0.6 is 0 Å². The summed E-state index contributed by atoms with van der Waals surface area (Å²) < 4.78 is 21.1. The van der Waals surface area contributed by atoms with E-state index in [1.54, 1.807) is 17.0 Å². The molecule has 0 unspecified atom stereocenters. The van der Waals surface area contributed by atoms with Crippen LogP contribution in [0, 0.1) is 5.82 Å². The number of hydrogen-bond donors (Lipinski definition) is 0. The van der Waals surface area contributed by atoms with Gasteiger partial charge >= 0.3 is 0 Å². The number of amides is 1. The molecular formula is C27H27FN6O2. The van der Waals surface area contributed by atoms with Gasteiger partial charge in [0.1, 0.15) is 17.5 Å². The Balaban J connectivity index is 1.32. The number of ether oxygens (including phenoxy) is 1. The van der Waals surface area contributed by atoms with Crippen molar-refractivity contribution in [2.75, 3.05) is 44.3 Å². The maximum atomic E-state index is 13.6. The minimum absolute atomic E-state index is 0.151. The Morgan fingerprint density at radius 3 is 2.47 bits per heavy atom. The number of halogens is 1. The van der Waals surface area contributed by atoms with Crippen LogP contribution in [0.2, 0.25) is 0 Å². The largest absolute Gasteiger partial charge is 0.381 e. The average Bonchev–Trinajstić information content (AvgIpc) is 3.37. The van der Waals surface area contributed by atoms with Gasteiger partial charge in [-0.05, 0) is 43.2 Å². The van der Waals surface area contributed by atoms with Gasteiger partial charge in [0, 0.05) is 50.9 Å². The van der Waals surface area contributed by atoms with Crippen molar-refractivity contribution in [3.63, 3.8) is 0 Å². The molecule has 4 heterocycles. The fraction of sp³-hybridized carbons (Fsp3) is 0.333. The van der Waals surface area contributed by atoms with E-state index in [4.69, 9.17) is 14.7 Å². The Hall–Kier alpha value is -3.85. The van der Waals surface area contributed by atoms with E-state index in [1.807, 2.05) is 41.2 Å². The molecule has 0 atom stereocenters. The zero-order chi connectivity index (χ0) is 24.5. The van der Waals surface area contributed by atoms with Crippen molar-refractivity contribution >= 4 is 22.8 Å². The Kier molecular flexibility index (Phi) is 6.06. The van der Waals surface area contributed by atoms with E-state index < -0.39 is 5.82 Å². The van der Waals surface area contributed by atoms with E-state index in [0.717, 1.165) is 41.2 Å². The molecule has 2 aliphatic heterocycles. The smallest absolute Gasteiger partial charge is 0.254 e. The Bertz CT molecular complexity index is 1380. The van der Waals surface area contributed by atoms with Crippen molar-refractivity contribution in [3.05, 3.63) is 78.0 Å². The Morgan fingerprint density at radius 2 is 1.72 bits per heavy atom. The number of fused-ring (bicyclic) bond motifs is 1. The third-order valence-electron chi connectivity index (χ3n) is 6.95. The van der Waals surface area contributed by atoms with Gasteiger partial charge in [0.05, 0.1) is 17.3 Å². The van der Waals surface area contributed by atoms with Gasteiger partial charge in [0.25, 0.3) is 5.91 Å². The number of carbonyl (C=O) groups excluding carboxylic acids is 1. The molecule has 0 aliphatic carbocycles. The fourth-order valence-electron chi connectivity index (χ4n) is 4.97. The molecule has 0 N–H and O–H groups in total. The zero-order valence-electron chi connectivity index (χ0n) is 19.9. The number of nitrogens with zero attached hydrogens (tertiary/aromatic N) is 6. The van der Waals surface area contributed by atoms with E-state index in [2.05, 4.69) is 10.00 Å². The summed E-state index contributed by atoms with van der Waals surface area (Å²) in [6, 6.07) is 15.8. The summed E-state index contributed by atoms with van der Waals surface area (Å²) in [5.74, 6) is 1.34. The second-order valence-electron chi connectivity index (χ2n) is 9.21. The van der Waals surface area contributed by atoms with Crippen LogP contribution in [-0.2, 0) is 4.74 Å². The van der Waals surface area contributed by atoms with Gasteiger partial charge in [0.2, 0.25) is 0 Å². The standard InChI is InChI=1S/C27H27FN6O2/c28-21-6-4-5-20(17-21)27(35)33-13-11-32(12-14-33)25-23-18-29-34(22-7-2-1-3-8-22)26(23)31-24(30-25)19-9-15-36-16-10-19/h1-8,17-19H,9-16H2. The maximum absolute atomic E-state index is 13.6. The number of hydrogen-bond acceptors (Lipinski definition) is 6. The van der Waals surface area contributed by atoms with Gasteiger partial charge in [0.15, 0.2) is 5.65 Å². The molecule has 2 fully saturated rings. The first-order valence-corrected chi connectivity index (χ1v) is 12.4. The number of para-hydroxylation sites is 1. The Morgan fingerprint density at radius 1 is 0.944 bits per heavy atom. The van der Waals surface area contributed by atoms with Crippen molar-refractivity contribution in [3.8, 4) is 5.69 Å². The van der Waals surface area contributed by atoms with Gasteiger partial charge < -0.3 is 14.5 Å². The molecule has 0 radical (unpaired) electrons. The van der Waals surface area contributed by atoms with Crippen LogP contribution in [0.1, 0.15) is 34.9 Å². The highest BCUT2D eigenvalue weighted by Gasteiger charge is 2.28. The molecule has 9 heteroatoms. The van der Waals surface area contributed by atoms with E-state index >= 15 is 0 Å². The summed E-state index contributed by atoms with van der Waals surface area (Å²) in [4.78, 5) is 26.9. The predicted octanol–water partition coefficient (Wildman–Crippen LogP) is 3.81. The second-order valence-corrected chi connectivity index (χ2v) is 9.21. The zero-order valence-corrected chi connectivity index (χ0v) is 19.9. The number of carbonyl (C=O) groups is 1. The van der Waals surface area contributed by atoms with Crippen molar-refractivity contribution < 1.29 is 13.9 Å². The number of aromatic nitrogens is 4. The maximum Gasteiger partial charge on any atom is 0.254 e. The van der Waals surface area contributed by atoms with Crippen LogP contribution in [0.4, 0.5) is 10.2 Å². The molecule has 2 aromatic heterocycles. The van der Waals surface area contributed by atoms with Gasteiger partial charge in [-0.2, -0.15) is 5.10 Å². The molecule has 2 aliphatic rings. The summed E-state index contributed by atoms with van der Waals surface area (Å²) in [6.07, 6.45) is 3.61. The van der Waals surface area contributed by atoms with E-state index in [-0.39, 0.29) is 11.8 Å². The topological polar surface area (TPSA) is 76.4 Å². The van der Waals surface area contributed by atoms with Crippen LogP contribution < -0.4 is 4.90 Å². The molecule has 8 nitrogen and oxygen atoms in total. The first kappa shape index (κ1) is 22.6. The van der Waals surface area contributed by atoms with Crippen LogP contribution in [0.3, 0.4) is 0 Å². The summed E-state index contributed by atoms with van der Waals surface area (Å²) >= 11 is 0. The number of benzene rings is 2. The lowest BCUT2D eigenvalue weighted by Gasteiger charge is -2.36. The summed E-state index contributed by atoms with van der Waals surface area (Å²) in [5, 5.41) is 5.55. The molecular weight excluding hydrogens is 459 g/mol. The van der Waals surface area contributed by atoms with Gasteiger partial charge in [-0.25, -0.2) is 19.0 Å². The minimum atomic E-state index is -0.404. The lowest BCUT2D eigenvalue weighted by atomic mass is 9.99. The van der Waals surface area contributed by atoms with Crippen molar-refractivity contribution in [2.24, 2.45) is 0 Å². The van der Waals surface area contributed by atoms with Crippen molar-refractivity contribution in [1.29, 1.82) is 0 Å². The first-order chi connectivity index (χ1) is 17.7. The number of piperazine rings is 1. The normalized spacial score (nSPS) is 17.0. The molecule has 2 aromatic carbocycles. The van der Waals surface area contributed by atoms with E-state index in [1.165, 1.54) is 12.1 Å².